The van der Waals surface area contributed by atoms with Crippen molar-refractivity contribution in [3.63, 3.8) is 0 Å². The van der Waals surface area contributed by atoms with Gasteiger partial charge in [0.2, 0.25) is 0 Å². The fourth-order valence-electron chi connectivity index (χ4n) is 8.90. The largest absolute Gasteiger partial charge is 0.491 e. The SMILES string of the molecule is C[C@]12CC3CC(c4ccc(OCC(O)CNC(c5ccccc5)c5ccccc5)cc4)(C1)C[C@@](C)(C3)C2. The van der Waals surface area contributed by atoms with E-state index in [9.17, 15) is 5.11 Å². The molecule has 194 valence electrons. The van der Waals surface area contributed by atoms with E-state index in [1.807, 2.05) is 12.1 Å². The molecule has 0 radical (unpaired) electrons. The van der Waals surface area contributed by atoms with Crippen molar-refractivity contribution in [3.8, 4) is 5.75 Å². The van der Waals surface area contributed by atoms with E-state index in [0.717, 1.165) is 11.7 Å². The van der Waals surface area contributed by atoms with Crippen molar-refractivity contribution < 1.29 is 9.84 Å². The van der Waals surface area contributed by atoms with Gasteiger partial charge in [-0.3, -0.25) is 0 Å². The molecule has 4 fully saturated rings. The Morgan fingerprint density at radius 1 is 0.784 bits per heavy atom. The van der Waals surface area contributed by atoms with Gasteiger partial charge in [0, 0.05) is 6.54 Å². The van der Waals surface area contributed by atoms with Gasteiger partial charge in [0.15, 0.2) is 0 Å². The van der Waals surface area contributed by atoms with Gasteiger partial charge in [0.25, 0.3) is 0 Å². The number of ether oxygens (including phenoxy) is 1. The number of hydrogen-bond donors (Lipinski definition) is 2. The monoisotopic (exact) mass is 495 g/mol. The van der Waals surface area contributed by atoms with E-state index in [4.69, 9.17) is 4.74 Å². The number of nitrogens with one attached hydrogen (secondary N) is 1. The molecule has 7 rings (SSSR count). The van der Waals surface area contributed by atoms with Gasteiger partial charge in [0.05, 0.1) is 6.04 Å². The van der Waals surface area contributed by atoms with E-state index in [1.54, 1.807) is 0 Å². The number of benzene rings is 3. The van der Waals surface area contributed by atoms with Crippen LogP contribution in [0.2, 0.25) is 0 Å². The lowest BCUT2D eigenvalue weighted by Gasteiger charge is -2.65. The fourth-order valence-corrected chi connectivity index (χ4v) is 8.90. The van der Waals surface area contributed by atoms with Crippen LogP contribution in [0.4, 0.5) is 0 Å². The summed E-state index contributed by atoms with van der Waals surface area (Å²) in [4.78, 5) is 0. The lowest BCUT2D eigenvalue weighted by Crippen LogP contribution is -2.56. The Bertz CT molecular complexity index is 1130. The predicted molar refractivity (Wildman–Crippen MR) is 150 cm³/mol. The first-order valence-corrected chi connectivity index (χ1v) is 14.1. The third kappa shape index (κ3) is 5.09. The first-order chi connectivity index (χ1) is 17.8. The lowest BCUT2D eigenvalue weighted by molar-refractivity contribution is -0.110. The Kier molecular flexibility index (Phi) is 6.41. The molecule has 0 aliphatic heterocycles. The summed E-state index contributed by atoms with van der Waals surface area (Å²) in [6, 6.07) is 29.7. The fraction of sp³-hybridized carbons (Fsp3) is 0.471. The summed E-state index contributed by atoms with van der Waals surface area (Å²) >= 11 is 0. The lowest BCUT2D eigenvalue weighted by atomic mass is 9.39. The van der Waals surface area contributed by atoms with Gasteiger partial charge in [-0.1, -0.05) is 86.6 Å². The maximum absolute atomic E-state index is 10.7. The smallest absolute Gasteiger partial charge is 0.119 e. The van der Waals surface area contributed by atoms with Gasteiger partial charge in [-0.2, -0.15) is 0 Å². The Morgan fingerprint density at radius 3 is 1.89 bits per heavy atom. The molecule has 4 aliphatic rings. The first-order valence-electron chi connectivity index (χ1n) is 14.1. The molecule has 3 nitrogen and oxygen atoms in total. The van der Waals surface area contributed by atoms with Gasteiger partial charge in [-0.15, -0.1) is 0 Å². The zero-order valence-electron chi connectivity index (χ0n) is 22.3. The molecule has 5 atom stereocenters. The second-order valence-electron chi connectivity index (χ2n) is 13.1. The highest BCUT2D eigenvalue weighted by atomic mass is 16.5. The van der Waals surface area contributed by atoms with Gasteiger partial charge in [0.1, 0.15) is 18.5 Å². The van der Waals surface area contributed by atoms with Crippen LogP contribution in [0.15, 0.2) is 84.9 Å². The molecule has 4 aliphatic carbocycles. The quantitative estimate of drug-likeness (QED) is 0.334. The zero-order chi connectivity index (χ0) is 25.5. The van der Waals surface area contributed by atoms with Crippen LogP contribution < -0.4 is 10.1 Å². The van der Waals surface area contributed by atoms with Crippen molar-refractivity contribution in [2.45, 2.75) is 69.9 Å². The third-order valence-corrected chi connectivity index (χ3v) is 9.36. The van der Waals surface area contributed by atoms with Crippen LogP contribution in [0.1, 0.15) is 75.1 Å². The highest BCUT2D eigenvalue weighted by Crippen LogP contribution is 2.69. The maximum Gasteiger partial charge on any atom is 0.119 e. The van der Waals surface area contributed by atoms with Crippen LogP contribution >= 0.6 is 0 Å². The molecule has 0 amide bonds. The average Bonchev–Trinajstić information content (AvgIpc) is 2.87. The molecule has 0 spiro atoms. The maximum atomic E-state index is 10.7. The summed E-state index contributed by atoms with van der Waals surface area (Å²) in [5.74, 6) is 1.73. The number of aliphatic hydroxyl groups is 1. The third-order valence-electron chi connectivity index (χ3n) is 9.36. The van der Waals surface area contributed by atoms with Gasteiger partial charge in [-0.05, 0) is 89.5 Å². The van der Waals surface area contributed by atoms with Crippen LogP contribution in [-0.4, -0.2) is 24.4 Å². The minimum Gasteiger partial charge on any atom is -0.491 e. The molecule has 4 bridgehead atoms. The minimum absolute atomic E-state index is 0.0281. The van der Waals surface area contributed by atoms with E-state index >= 15 is 0 Å². The Labute approximate surface area is 222 Å². The molecule has 2 N–H and O–H groups in total. The number of rotatable bonds is 9. The van der Waals surface area contributed by atoms with Crippen LogP contribution in [0.25, 0.3) is 0 Å². The van der Waals surface area contributed by atoms with E-state index in [2.05, 4.69) is 92.0 Å². The number of hydrogen-bond acceptors (Lipinski definition) is 3. The highest BCUT2D eigenvalue weighted by Gasteiger charge is 2.60. The second-order valence-corrected chi connectivity index (χ2v) is 13.1. The van der Waals surface area contributed by atoms with E-state index in [-0.39, 0.29) is 12.6 Å². The van der Waals surface area contributed by atoms with Crippen molar-refractivity contribution >= 4 is 0 Å². The summed E-state index contributed by atoms with van der Waals surface area (Å²) in [5, 5.41) is 14.3. The minimum atomic E-state index is -0.599. The molecule has 0 heterocycles. The van der Waals surface area contributed by atoms with Crippen LogP contribution in [-0.2, 0) is 5.41 Å². The first kappa shape index (κ1) is 24.7. The summed E-state index contributed by atoms with van der Waals surface area (Å²) in [6.45, 7) is 5.80. The van der Waals surface area contributed by atoms with Gasteiger partial charge >= 0.3 is 0 Å². The summed E-state index contributed by atoms with van der Waals surface area (Å²) in [6.07, 6.45) is 7.67. The normalized spacial score (nSPS) is 31.0. The van der Waals surface area contributed by atoms with Crippen molar-refractivity contribution in [2.24, 2.45) is 16.7 Å². The topological polar surface area (TPSA) is 41.5 Å². The Balaban J connectivity index is 1.07. The second kappa shape index (κ2) is 9.60. The summed E-state index contributed by atoms with van der Waals surface area (Å²) in [7, 11) is 0. The van der Waals surface area contributed by atoms with Gasteiger partial charge < -0.3 is 15.2 Å². The standard InChI is InChI=1S/C34H41NO2/c1-32-17-25-18-33(2,22-32)24-34(19-25,23-32)28-13-15-30(16-14-28)37-21-29(36)20-35-31(26-9-5-3-6-10-26)27-11-7-4-8-12-27/h3-16,25,29,31,35-36H,17-24H2,1-2H3/t25?,29?,32-,33+,34?. The summed E-state index contributed by atoms with van der Waals surface area (Å²) < 4.78 is 6.04. The molecular formula is C34H41NO2. The zero-order valence-corrected chi connectivity index (χ0v) is 22.3. The molecule has 3 aromatic rings. The molecule has 3 heteroatoms. The molecule has 3 aromatic carbocycles. The molecule has 37 heavy (non-hydrogen) atoms. The molecule has 4 saturated carbocycles. The highest BCUT2D eigenvalue weighted by molar-refractivity contribution is 5.36. The number of aliphatic hydroxyl groups excluding tert-OH is 1. The van der Waals surface area contributed by atoms with Crippen LogP contribution in [0, 0.1) is 16.7 Å². The van der Waals surface area contributed by atoms with Crippen molar-refractivity contribution in [1.82, 2.24) is 5.32 Å². The molecule has 0 saturated heterocycles. The Hall–Kier alpha value is -2.62. The molecule has 3 unspecified atom stereocenters. The Morgan fingerprint density at radius 2 is 1.35 bits per heavy atom. The van der Waals surface area contributed by atoms with E-state index in [1.165, 1.54) is 55.2 Å². The van der Waals surface area contributed by atoms with E-state index in [0.29, 0.717) is 22.8 Å². The predicted octanol–water partition coefficient (Wildman–Crippen LogP) is 7.05. The van der Waals surface area contributed by atoms with Crippen molar-refractivity contribution in [2.75, 3.05) is 13.2 Å². The van der Waals surface area contributed by atoms with Crippen LogP contribution in [0.5, 0.6) is 5.75 Å². The summed E-state index contributed by atoms with van der Waals surface area (Å²) in [5.41, 5.74) is 5.23. The van der Waals surface area contributed by atoms with Crippen LogP contribution in [0.3, 0.4) is 0 Å². The average molecular weight is 496 g/mol. The van der Waals surface area contributed by atoms with Crippen molar-refractivity contribution in [1.29, 1.82) is 0 Å². The van der Waals surface area contributed by atoms with Crippen molar-refractivity contribution in [3.05, 3.63) is 102 Å². The van der Waals surface area contributed by atoms with E-state index < -0.39 is 6.10 Å². The molecular weight excluding hydrogens is 454 g/mol. The van der Waals surface area contributed by atoms with Gasteiger partial charge in [-0.25, -0.2) is 0 Å². The molecule has 0 aromatic heterocycles.